The molecule has 12 heteroatoms. The maximum atomic E-state index is 13.8. The Hall–Kier alpha value is -3.12. The Labute approximate surface area is 238 Å². The minimum Gasteiger partial charge on any atom is -0.496 e. The van der Waals surface area contributed by atoms with Crippen LogP contribution in [-0.4, -0.2) is 81.0 Å². The second-order valence-electron chi connectivity index (χ2n) is 10.4. The normalized spacial score (nSPS) is 16.8. The molecule has 1 aromatic carbocycles. The Morgan fingerprint density at radius 2 is 1.85 bits per heavy atom. The van der Waals surface area contributed by atoms with Gasteiger partial charge in [0.25, 0.3) is 0 Å². The molecule has 0 spiro atoms. The molecule has 0 aromatic heterocycles. The van der Waals surface area contributed by atoms with Gasteiger partial charge in [-0.2, -0.15) is 13.2 Å². The van der Waals surface area contributed by atoms with Gasteiger partial charge in [0.05, 0.1) is 44.6 Å². The first-order valence-electron chi connectivity index (χ1n) is 13.8. The highest BCUT2D eigenvalue weighted by atomic mass is 19.4. The first-order chi connectivity index (χ1) is 19.3. The Morgan fingerprint density at radius 3 is 2.41 bits per heavy atom. The van der Waals surface area contributed by atoms with E-state index in [0.29, 0.717) is 55.4 Å². The summed E-state index contributed by atoms with van der Waals surface area (Å²) in [5, 5.41) is 0. The van der Waals surface area contributed by atoms with Crippen LogP contribution < -0.4 is 9.64 Å². The lowest BCUT2D eigenvalue weighted by Crippen LogP contribution is -2.46. The van der Waals surface area contributed by atoms with Crippen LogP contribution in [0.25, 0.3) is 0 Å². The van der Waals surface area contributed by atoms with E-state index in [2.05, 4.69) is 4.90 Å². The summed E-state index contributed by atoms with van der Waals surface area (Å²) in [6, 6.07) is -1.27. The van der Waals surface area contributed by atoms with Crippen molar-refractivity contribution in [3.8, 4) is 5.75 Å². The lowest BCUT2D eigenvalue weighted by molar-refractivity contribution is -0.170. The van der Waals surface area contributed by atoms with Crippen molar-refractivity contribution < 1.29 is 46.5 Å². The molecule has 0 aliphatic carbocycles. The predicted molar refractivity (Wildman–Crippen MR) is 145 cm³/mol. The Kier molecular flexibility index (Phi) is 10.8. The van der Waals surface area contributed by atoms with E-state index >= 15 is 0 Å². The van der Waals surface area contributed by atoms with Crippen molar-refractivity contribution in [3.05, 3.63) is 33.9 Å². The van der Waals surface area contributed by atoms with Crippen molar-refractivity contribution >= 4 is 23.5 Å². The molecule has 1 aromatic rings. The van der Waals surface area contributed by atoms with E-state index in [-0.39, 0.29) is 54.0 Å². The van der Waals surface area contributed by atoms with Gasteiger partial charge in [-0.1, -0.05) is 18.6 Å². The molecule has 41 heavy (non-hydrogen) atoms. The zero-order chi connectivity index (χ0) is 30.5. The van der Waals surface area contributed by atoms with Gasteiger partial charge in [0.1, 0.15) is 12.4 Å². The molecule has 2 aliphatic heterocycles. The van der Waals surface area contributed by atoms with E-state index in [1.807, 2.05) is 13.8 Å². The third kappa shape index (κ3) is 7.21. The Morgan fingerprint density at radius 1 is 1.20 bits per heavy atom. The topological polar surface area (TPSA) is 94.6 Å². The molecule has 3 rings (SSSR count). The van der Waals surface area contributed by atoms with Crippen molar-refractivity contribution in [2.45, 2.75) is 78.7 Å². The van der Waals surface area contributed by atoms with Crippen LogP contribution in [-0.2, 0) is 36.8 Å². The molecule has 0 N–H and O–H groups in total. The average molecular weight is 585 g/mol. The van der Waals surface area contributed by atoms with Crippen molar-refractivity contribution in [1.82, 2.24) is 4.90 Å². The molecular weight excluding hydrogens is 545 g/mol. The van der Waals surface area contributed by atoms with Crippen LogP contribution in [0.4, 0.5) is 18.9 Å². The molecule has 1 unspecified atom stereocenters. The maximum absolute atomic E-state index is 13.8. The average Bonchev–Trinajstić information content (AvgIpc) is 3.31. The van der Waals surface area contributed by atoms with Gasteiger partial charge in [-0.3, -0.25) is 14.5 Å². The van der Waals surface area contributed by atoms with Gasteiger partial charge in [-0.25, -0.2) is 4.79 Å². The summed E-state index contributed by atoms with van der Waals surface area (Å²) in [7, 11) is 1.39. The Bertz CT molecular complexity index is 1170. The van der Waals surface area contributed by atoms with E-state index in [1.54, 1.807) is 13.0 Å². The van der Waals surface area contributed by atoms with E-state index in [4.69, 9.17) is 18.9 Å². The van der Waals surface area contributed by atoms with Crippen LogP contribution in [0.15, 0.2) is 11.6 Å². The van der Waals surface area contributed by atoms with Crippen LogP contribution in [0.5, 0.6) is 5.75 Å². The highest BCUT2D eigenvalue weighted by molar-refractivity contribution is 6.08. The SMILES string of the molecule is CCCOC(=O)CC(C(C)=CCc1c(OC)c(C)c2c(c1N(C(=O)C(F)(F)F)C(C)C)C(=O)OC2)N1CCOCC1. The number of ether oxygens (including phenoxy) is 4. The number of hydrogen-bond donors (Lipinski definition) is 0. The molecule has 1 amide bonds. The molecule has 2 aliphatic rings. The molecule has 1 fully saturated rings. The third-order valence-electron chi connectivity index (χ3n) is 7.33. The lowest BCUT2D eigenvalue weighted by atomic mass is 9.91. The predicted octanol–water partition coefficient (Wildman–Crippen LogP) is 4.51. The maximum Gasteiger partial charge on any atom is 0.471 e. The molecule has 9 nitrogen and oxygen atoms in total. The lowest BCUT2D eigenvalue weighted by Gasteiger charge is -2.35. The molecule has 1 atom stereocenters. The minimum absolute atomic E-state index is 0.0327. The molecule has 0 saturated carbocycles. The zero-order valence-corrected chi connectivity index (χ0v) is 24.5. The summed E-state index contributed by atoms with van der Waals surface area (Å²) in [5.74, 6) is -2.97. The number of carbonyl (C=O) groups is 3. The van der Waals surface area contributed by atoms with Crippen molar-refractivity contribution in [2.75, 3.05) is 44.9 Å². The van der Waals surface area contributed by atoms with E-state index in [9.17, 15) is 27.6 Å². The van der Waals surface area contributed by atoms with Crippen molar-refractivity contribution in [1.29, 1.82) is 0 Å². The second kappa shape index (κ2) is 13.7. The first kappa shape index (κ1) is 32.4. The number of esters is 2. The smallest absolute Gasteiger partial charge is 0.471 e. The monoisotopic (exact) mass is 584 g/mol. The summed E-state index contributed by atoms with van der Waals surface area (Å²) >= 11 is 0. The number of anilines is 1. The summed E-state index contributed by atoms with van der Waals surface area (Å²) in [5.41, 5.74) is 1.74. The second-order valence-corrected chi connectivity index (χ2v) is 10.4. The summed E-state index contributed by atoms with van der Waals surface area (Å²) in [6.07, 6.45) is -2.57. The largest absolute Gasteiger partial charge is 0.496 e. The van der Waals surface area contributed by atoms with Gasteiger partial charge in [0.15, 0.2) is 0 Å². The number of alkyl halides is 3. The van der Waals surface area contributed by atoms with Gasteiger partial charge in [-0.15, -0.1) is 0 Å². The van der Waals surface area contributed by atoms with Crippen LogP contribution in [0.3, 0.4) is 0 Å². The number of allylic oxidation sites excluding steroid dienone is 1. The highest BCUT2D eigenvalue weighted by Gasteiger charge is 2.47. The Balaban J connectivity index is 2.15. The fourth-order valence-corrected chi connectivity index (χ4v) is 5.32. The van der Waals surface area contributed by atoms with Crippen molar-refractivity contribution in [2.24, 2.45) is 0 Å². The number of carbonyl (C=O) groups excluding carboxylic acids is 3. The summed E-state index contributed by atoms with van der Waals surface area (Å²) in [4.78, 5) is 40.9. The fourth-order valence-electron chi connectivity index (χ4n) is 5.32. The quantitative estimate of drug-likeness (QED) is 0.277. The molecule has 228 valence electrons. The summed E-state index contributed by atoms with van der Waals surface area (Å²) in [6.45, 7) is 10.7. The van der Waals surface area contributed by atoms with E-state index in [0.717, 1.165) is 5.57 Å². The van der Waals surface area contributed by atoms with Gasteiger partial charge >= 0.3 is 24.0 Å². The van der Waals surface area contributed by atoms with Crippen molar-refractivity contribution in [3.63, 3.8) is 0 Å². The minimum atomic E-state index is -5.18. The number of benzene rings is 1. The van der Waals surface area contributed by atoms with Gasteiger partial charge in [0, 0.05) is 36.3 Å². The fraction of sp³-hybridized carbons (Fsp3) is 0.621. The van der Waals surface area contributed by atoms with Crippen LogP contribution in [0.1, 0.15) is 67.6 Å². The number of cyclic esters (lactones) is 1. The standard InChI is InChI=1S/C29H39F3N2O7/c1-7-12-40-23(35)15-22(33-10-13-39-14-11-33)18(4)8-9-20-25(34(17(2)3)28(37)29(30,31)32)24-21(16-41-27(24)36)19(5)26(20)38-6/h8,17,22H,7,9-16H2,1-6H3. The van der Waals surface area contributed by atoms with Crippen LogP contribution in [0, 0.1) is 6.92 Å². The van der Waals surface area contributed by atoms with E-state index < -0.39 is 24.1 Å². The molecule has 2 heterocycles. The summed E-state index contributed by atoms with van der Waals surface area (Å²) < 4.78 is 63.1. The molecule has 0 bridgehead atoms. The van der Waals surface area contributed by atoms with Gasteiger partial charge in [-0.05, 0) is 46.1 Å². The molecular formula is C29H39F3N2O7. The number of rotatable bonds is 11. The highest BCUT2D eigenvalue weighted by Crippen LogP contribution is 2.45. The number of hydrogen-bond acceptors (Lipinski definition) is 8. The van der Waals surface area contributed by atoms with Gasteiger partial charge < -0.3 is 23.8 Å². The van der Waals surface area contributed by atoms with Crippen LogP contribution >= 0.6 is 0 Å². The molecule has 0 radical (unpaired) electrons. The molecule has 1 saturated heterocycles. The third-order valence-corrected chi connectivity index (χ3v) is 7.33. The number of nitrogens with zero attached hydrogens (tertiary/aromatic N) is 2. The van der Waals surface area contributed by atoms with E-state index in [1.165, 1.54) is 21.0 Å². The van der Waals surface area contributed by atoms with Gasteiger partial charge in [0.2, 0.25) is 0 Å². The first-order valence-corrected chi connectivity index (χ1v) is 13.8. The number of halogens is 3. The zero-order valence-electron chi connectivity index (χ0n) is 24.5. The number of morpholine rings is 1. The number of amides is 1. The number of methoxy groups -OCH3 is 1. The number of fused-ring (bicyclic) bond motifs is 1. The van der Waals surface area contributed by atoms with Crippen LogP contribution in [0.2, 0.25) is 0 Å².